The van der Waals surface area contributed by atoms with Crippen LogP contribution in [-0.2, 0) is 0 Å². The Hall–Kier alpha value is -3.45. The molecule has 128 valence electrons. The molecule has 2 aromatic heterocycles. The lowest BCUT2D eigenvalue weighted by atomic mass is 10.1. The third-order valence-corrected chi connectivity index (χ3v) is 4.78. The number of thiophene rings is 1. The molecule has 2 aromatic carbocycles. The third-order valence-electron chi connectivity index (χ3n) is 3.89. The van der Waals surface area contributed by atoms with E-state index in [-0.39, 0.29) is 17.1 Å². The monoisotopic (exact) mass is 363 g/mol. The Morgan fingerprint density at radius 3 is 2.65 bits per heavy atom. The Balaban J connectivity index is 1.79. The highest BCUT2D eigenvalue weighted by molar-refractivity contribution is 7.17. The SMILES string of the molecule is O=c1c2c(-c3ccccc3)csc2ncn1/N=C/c1ccc(O)c(O)c1. The molecule has 6 nitrogen and oxygen atoms in total. The number of aromatic nitrogens is 2. The van der Waals surface area contributed by atoms with E-state index in [1.165, 1.54) is 36.0 Å². The van der Waals surface area contributed by atoms with E-state index in [0.717, 1.165) is 15.8 Å². The molecular formula is C19H13N3O3S. The van der Waals surface area contributed by atoms with Crippen LogP contribution in [0.25, 0.3) is 21.3 Å². The second kappa shape index (κ2) is 6.45. The van der Waals surface area contributed by atoms with Crippen molar-refractivity contribution < 1.29 is 10.2 Å². The molecule has 2 N–H and O–H groups in total. The highest BCUT2D eigenvalue weighted by atomic mass is 32.1. The van der Waals surface area contributed by atoms with Gasteiger partial charge < -0.3 is 10.2 Å². The minimum atomic E-state index is -0.269. The zero-order chi connectivity index (χ0) is 18.1. The highest BCUT2D eigenvalue weighted by Gasteiger charge is 2.12. The predicted octanol–water partition coefficient (Wildman–Crippen LogP) is 3.42. The van der Waals surface area contributed by atoms with Crippen LogP contribution < -0.4 is 5.56 Å². The molecule has 4 aromatic rings. The summed E-state index contributed by atoms with van der Waals surface area (Å²) >= 11 is 1.41. The quantitative estimate of drug-likeness (QED) is 0.431. The number of rotatable bonds is 3. The smallest absolute Gasteiger partial charge is 0.283 e. The molecule has 0 radical (unpaired) electrons. The first-order valence-corrected chi connectivity index (χ1v) is 8.62. The lowest BCUT2D eigenvalue weighted by Crippen LogP contribution is -2.16. The average molecular weight is 363 g/mol. The Kier molecular flexibility index (Phi) is 3.98. The maximum Gasteiger partial charge on any atom is 0.283 e. The molecule has 0 amide bonds. The van der Waals surface area contributed by atoms with Crippen LogP contribution in [0.1, 0.15) is 5.56 Å². The minimum absolute atomic E-state index is 0.215. The predicted molar refractivity (Wildman–Crippen MR) is 102 cm³/mol. The number of hydrogen-bond donors (Lipinski definition) is 2. The van der Waals surface area contributed by atoms with Gasteiger partial charge in [0.25, 0.3) is 5.56 Å². The van der Waals surface area contributed by atoms with Crippen LogP contribution in [0, 0.1) is 0 Å². The molecule has 4 rings (SSSR count). The van der Waals surface area contributed by atoms with Crippen molar-refractivity contribution in [1.29, 1.82) is 0 Å². The summed E-state index contributed by atoms with van der Waals surface area (Å²) in [5, 5.41) is 25.5. The molecule has 0 aliphatic carbocycles. The molecule has 0 spiro atoms. The average Bonchev–Trinajstić information content (AvgIpc) is 3.10. The molecule has 26 heavy (non-hydrogen) atoms. The topological polar surface area (TPSA) is 87.7 Å². The summed E-state index contributed by atoms with van der Waals surface area (Å²) in [5.74, 6) is -0.466. The molecule has 0 unspecified atom stereocenters. The minimum Gasteiger partial charge on any atom is -0.504 e. The van der Waals surface area contributed by atoms with Crippen molar-refractivity contribution >= 4 is 27.8 Å². The zero-order valence-electron chi connectivity index (χ0n) is 13.4. The lowest BCUT2D eigenvalue weighted by molar-refractivity contribution is 0.403. The van der Waals surface area contributed by atoms with Gasteiger partial charge in [-0.3, -0.25) is 4.79 Å². The lowest BCUT2D eigenvalue weighted by Gasteiger charge is -2.02. The molecule has 2 heterocycles. The van der Waals surface area contributed by atoms with Crippen LogP contribution in [0.4, 0.5) is 0 Å². The Morgan fingerprint density at radius 1 is 1.08 bits per heavy atom. The van der Waals surface area contributed by atoms with Crippen LogP contribution >= 0.6 is 11.3 Å². The fourth-order valence-corrected chi connectivity index (χ4v) is 3.49. The Morgan fingerprint density at radius 2 is 1.88 bits per heavy atom. The number of nitrogens with zero attached hydrogens (tertiary/aromatic N) is 3. The van der Waals surface area contributed by atoms with Crippen molar-refractivity contribution in [3.63, 3.8) is 0 Å². The van der Waals surface area contributed by atoms with Gasteiger partial charge in [-0.1, -0.05) is 30.3 Å². The van der Waals surface area contributed by atoms with Gasteiger partial charge in [0.05, 0.1) is 11.6 Å². The summed E-state index contributed by atoms with van der Waals surface area (Å²) in [6, 6.07) is 13.9. The maximum atomic E-state index is 12.9. The molecule has 0 saturated carbocycles. The fourth-order valence-electron chi connectivity index (χ4n) is 2.59. The number of fused-ring (bicyclic) bond motifs is 1. The molecule has 0 aliphatic rings. The first-order chi connectivity index (χ1) is 12.6. The van der Waals surface area contributed by atoms with Crippen molar-refractivity contribution in [3.05, 3.63) is 76.2 Å². The number of phenols is 2. The van der Waals surface area contributed by atoms with Gasteiger partial charge in [0.1, 0.15) is 11.2 Å². The molecular weight excluding hydrogens is 350 g/mol. The fraction of sp³-hybridized carbons (Fsp3) is 0. The highest BCUT2D eigenvalue weighted by Crippen LogP contribution is 2.30. The van der Waals surface area contributed by atoms with Gasteiger partial charge in [0.2, 0.25) is 0 Å². The normalized spacial score (nSPS) is 11.4. The van der Waals surface area contributed by atoms with E-state index in [9.17, 15) is 15.0 Å². The van der Waals surface area contributed by atoms with Gasteiger partial charge in [0, 0.05) is 10.9 Å². The third kappa shape index (κ3) is 2.84. The second-order valence-corrected chi connectivity index (χ2v) is 6.44. The van der Waals surface area contributed by atoms with Crippen molar-refractivity contribution in [2.24, 2.45) is 5.10 Å². The van der Waals surface area contributed by atoms with E-state index in [4.69, 9.17) is 0 Å². The summed E-state index contributed by atoms with van der Waals surface area (Å²) in [6.07, 6.45) is 2.79. The van der Waals surface area contributed by atoms with Crippen LogP contribution in [-0.4, -0.2) is 26.1 Å². The standard InChI is InChI=1S/C19H13N3O3S/c23-15-7-6-12(8-16(15)24)9-21-22-11-20-18-17(19(22)25)14(10-26-18)13-4-2-1-3-5-13/h1-11,23-24H/b21-9+. The summed E-state index contributed by atoms with van der Waals surface area (Å²) in [5.41, 5.74) is 2.05. The van der Waals surface area contributed by atoms with Gasteiger partial charge in [-0.25, -0.2) is 4.98 Å². The van der Waals surface area contributed by atoms with Gasteiger partial charge in [-0.2, -0.15) is 9.78 Å². The van der Waals surface area contributed by atoms with Crippen LogP contribution in [0.5, 0.6) is 11.5 Å². The van der Waals surface area contributed by atoms with Gasteiger partial charge in [-0.05, 0) is 29.3 Å². The number of benzene rings is 2. The maximum absolute atomic E-state index is 12.9. The van der Waals surface area contributed by atoms with E-state index in [0.29, 0.717) is 15.8 Å². The number of phenolic OH excluding ortho intramolecular Hbond substituents is 2. The van der Waals surface area contributed by atoms with E-state index >= 15 is 0 Å². The summed E-state index contributed by atoms with van der Waals surface area (Å²) < 4.78 is 1.16. The first-order valence-electron chi connectivity index (χ1n) is 7.74. The van der Waals surface area contributed by atoms with E-state index in [1.54, 1.807) is 6.07 Å². The van der Waals surface area contributed by atoms with Crippen molar-refractivity contribution in [2.75, 3.05) is 0 Å². The van der Waals surface area contributed by atoms with Crippen LogP contribution in [0.15, 0.2) is 70.1 Å². The number of aromatic hydroxyl groups is 2. The van der Waals surface area contributed by atoms with E-state index in [2.05, 4.69) is 10.1 Å². The summed E-state index contributed by atoms with van der Waals surface area (Å²) in [4.78, 5) is 17.8. The molecule has 0 bridgehead atoms. The molecule has 0 saturated heterocycles. The molecule has 7 heteroatoms. The van der Waals surface area contributed by atoms with Crippen LogP contribution in [0.2, 0.25) is 0 Å². The molecule has 0 aliphatic heterocycles. The zero-order valence-corrected chi connectivity index (χ0v) is 14.2. The molecule has 0 fully saturated rings. The van der Waals surface area contributed by atoms with Crippen molar-refractivity contribution in [1.82, 2.24) is 9.66 Å². The van der Waals surface area contributed by atoms with E-state index in [1.807, 2.05) is 35.7 Å². The Bertz CT molecular complexity index is 1180. The van der Waals surface area contributed by atoms with Crippen molar-refractivity contribution in [2.45, 2.75) is 0 Å². The van der Waals surface area contributed by atoms with E-state index < -0.39 is 0 Å². The Labute approximate surface area is 151 Å². The van der Waals surface area contributed by atoms with Gasteiger partial charge >= 0.3 is 0 Å². The van der Waals surface area contributed by atoms with Crippen LogP contribution in [0.3, 0.4) is 0 Å². The molecule has 0 atom stereocenters. The van der Waals surface area contributed by atoms with Gasteiger partial charge in [-0.15, -0.1) is 11.3 Å². The van der Waals surface area contributed by atoms with Gasteiger partial charge in [0.15, 0.2) is 11.5 Å². The first kappa shape index (κ1) is 16.0. The summed E-state index contributed by atoms with van der Waals surface area (Å²) in [6.45, 7) is 0. The number of hydrogen-bond acceptors (Lipinski definition) is 6. The summed E-state index contributed by atoms with van der Waals surface area (Å²) in [7, 11) is 0. The second-order valence-electron chi connectivity index (χ2n) is 5.58. The largest absolute Gasteiger partial charge is 0.504 e. The van der Waals surface area contributed by atoms with Crippen molar-refractivity contribution in [3.8, 4) is 22.6 Å².